The Morgan fingerprint density at radius 1 is 1.17 bits per heavy atom. The van der Waals surface area contributed by atoms with Crippen molar-refractivity contribution in [2.45, 2.75) is 0 Å². The molecule has 1 aliphatic heterocycles. The van der Waals surface area contributed by atoms with Crippen molar-refractivity contribution in [2.24, 2.45) is 0 Å². The van der Waals surface area contributed by atoms with Gasteiger partial charge in [0.25, 0.3) is 5.91 Å². The number of benzene rings is 2. The quantitative estimate of drug-likeness (QED) is 0.544. The number of carbonyl (C=O) groups is 1. The standard InChI is InChI=1S/C20H18BrF2N3O2S/c21-14-2-4-17-18(12-14)29-20(24-17)26(6-5-25-7-9-28-10-8-25)19(27)13-1-3-15(22)16(23)11-13/h1-4,11-12H,5-10H2. The van der Waals surface area contributed by atoms with Gasteiger partial charge in [-0.2, -0.15) is 0 Å². The minimum Gasteiger partial charge on any atom is -0.379 e. The summed E-state index contributed by atoms with van der Waals surface area (Å²) in [6.07, 6.45) is 0. The largest absolute Gasteiger partial charge is 0.379 e. The number of anilines is 1. The Bertz CT molecular complexity index is 1040. The van der Waals surface area contributed by atoms with Crippen LogP contribution in [0, 0.1) is 11.6 Å². The van der Waals surface area contributed by atoms with Gasteiger partial charge in [-0.05, 0) is 36.4 Å². The first kappa shape index (κ1) is 20.3. The molecule has 0 saturated carbocycles. The van der Waals surface area contributed by atoms with E-state index >= 15 is 0 Å². The van der Waals surface area contributed by atoms with Crippen LogP contribution in [0.25, 0.3) is 10.2 Å². The summed E-state index contributed by atoms with van der Waals surface area (Å²) in [4.78, 5) is 21.5. The van der Waals surface area contributed by atoms with Crippen molar-refractivity contribution in [1.82, 2.24) is 9.88 Å². The number of nitrogens with zero attached hydrogens (tertiary/aromatic N) is 3. The average molecular weight is 482 g/mol. The summed E-state index contributed by atoms with van der Waals surface area (Å²) >= 11 is 4.83. The Kier molecular flexibility index (Phi) is 6.19. The van der Waals surface area contributed by atoms with Crippen LogP contribution in [0.4, 0.5) is 13.9 Å². The first-order valence-corrected chi connectivity index (χ1v) is 10.8. The molecule has 29 heavy (non-hydrogen) atoms. The first-order valence-electron chi connectivity index (χ1n) is 9.14. The van der Waals surface area contributed by atoms with Crippen molar-refractivity contribution in [2.75, 3.05) is 44.3 Å². The van der Waals surface area contributed by atoms with E-state index in [4.69, 9.17) is 4.74 Å². The molecule has 5 nitrogen and oxygen atoms in total. The maximum absolute atomic E-state index is 13.7. The predicted octanol–water partition coefficient (Wildman–Crippen LogP) is 4.32. The summed E-state index contributed by atoms with van der Waals surface area (Å²) < 4.78 is 34.3. The van der Waals surface area contributed by atoms with Gasteiger partial charge < -0.3 is 4.74 Å². The lowest BCUT2D eigenvalue weighted by Crippen LogP contribution is -2.43. The highest BCUT2D eigenvalue weighted by molar-refractivity contribution is 9.10. The molecule has 4 rings (SSSR count). The van der Waals surface area contributed by atoms with Gasteiger partial charge in [0.1, 0.15) is 0 Å². The van der Waals surface area contributed by atoms with Gasteiger partial charge >= 0.3 is 0 Å². The smallest absolute Gasteiger partial charge is 0.260 e. The number of thiazole rings is 1. The molecular weight excluding hydrogens is 464 g/mol. The van der Waals surface area contributed by atoms with Crippen LogP contribution in [0.3, 0.4) is 0 Å². The number of hydrogen-bond donors (Lipinski definition) is 0. The van der Waals surface area contributed by atoms with Gasteiger partial charge in [0.2, 0.25) is 0 Å². The van der Waals surface area contributed by atoms with Crippen LogP contribution < -0.4 is 4.90 Å². The third-order valence-electron chi connectivity index (χ3n) is 4.73. The van der Waals surface area contributed by atoms with Crippen molar-refractivity contribution in [1.29, 1.82) is 0 Å². The predicted molar refractivity (Wildman–Crippen MR) is 113 cm³/mol. The number of hydrogen-bond acceptors (Lipinski definition) is 5. The SMILES string of the molecule is O=C(c1ccc(F)c(F)c1)N(CCN1CCOCC1)c1nc2ccc(Br)cc2s1. The molecule has 2 aromatic carbocycles. The van der Waals surface area contributed by atoms with Crippen LogP contribution in [-0.4, -0.2) is 55.2 Å². The molecule has 1 saturated heterocycles. The zero-order chi connectivity index (χ0) is 20.4. The molecule has 0 aliphatic carbocycles. The van der Waals surface area contributed by atoms with Crippen LogP contribution >= 0.6 is 27.3 Å². The van der Waals surface area contributed by atoms with Crippen LogP contribution in [0.15, 0.2) is 40.9 Å². The van der Waals surface area contributed by atoms with Crippen LogP contribution in [0.5, 0.6) is 0 Å². The topological polar surface area (TPSA) is 45.7 Å². The molecule has 1 aromatic heterocycles. The Hall–Kier alpha value is -1.94. The van der Waals surface area contributed by atoms with E-state index in [2.05, 4.69) is 25.8 Å². The molecule has 152 valence electrons. The van der Waals surface area contributed by atoms with Crippen molar-refractivity contribution >= 4 is 48.5 Å². The highest BCUT2D eigenvalue weighted by Gasteiger charge is 2.23. The maximum Gasteiger partial charge on any atom is 0.260 e. The van der Waals surface area contributed by atoms with E-state index < -0.39 is 17.5 Å². The van der Waals surface area contributed by atoms with Crippen LogP contribution in [0.2, 0.25) is 0 Å². The third-order valence-corrected chi connectivity index (χ3v) is 6.26. The molecule has 1 amide bonds. The average Bonchev–Trinajstić information content (AvgIpc) is 3.13. The van der Waals surface area contributed by atoms with Crippen molar-refractivity contribution in [3.63, 3.8) is 0 Å². The Balaban J connectivity index is 1.64. The van der Waals surface area contributed by atoms with E-state index in [1.165, 1.54) is 17.4 Å². The lowest BCUT2D eigenvalue weighted by atomic mass is 10.2. The lowest BCUT2D eigenvalue weighted by molar-refractivity contribution is 0.0391. The molecule has 0 atom stereocenters. The lowest BCUT2D eigenvalue weighted by Gasteiger charge is -2.29. The maximum atomic E-state index is 13.7. The molecule has 0 radical (unpaired) electrons. The van der Waals surface area contributed by atoms with Crippen molar-refractivity contribution in [3.8, 4) is 0 Å². The fourth-order valence-corrected chi connectivity index (χ4v) is 4.68. The van der Waals surface area contributed by atoms with Crippen LogP contribution in [0.1, 0.15) is 10.4 Å². The minimum absolute atomic E-state index is 0.0892. The number of halogens is 3. The molecule has 0 spiro atoms. The van der Waals surface area contributed by atoms with E-state index in [9.17, 15) is 13.6 Å². The Morgan fingerprint density at radius 2 is 1.97 bits per heavy atom. The summed E-state index contributed by atoms with van der Waals surface area (Å²) in [6.45, 7) is 3.93. The second-order valence-electron chi connectivity index (χ2n) is 6.65. The normalized spacial score (nSPS) is 15.0. The fourth-order valence-electron chi connectivity index (χ4n) is 3.14. The number of fused-ring (bicyclic) bond motifs is 1. The minimum atomic E-state index is -1.04. The highest BCUT2D eigenvalue weighted by atomic mass is 79.9. The number of ether oxygens (including phenoxy) is 1. The molecule has 0 N–H and O–H groups in total. The summed E-state index contributed by atoms with van der Waals surface area (Å²) in [5, 5.41) is 0.529. The van der Waals surface area contributed by atoms with Crippen molar-refractivity contribution in [3.05, 3.63) is 58.1 Å². The molecule has 2 heterocycles. The molecule has 0 unspecified atom stereocenters. The summed E-state index contributed by atoms with van der Waals surface area (Å²) in [5.41, 5.74) is 0.869. The summed E-state index contributed by atoms with van der Waals surface area (Å²) in [7, 11) is 0. The van der Waals surface area contributed by atoms with Gasteiger partial charge in [-0.3, -0.25) is 14.6 Å². The summed E-state index contributed by atoms with van der Waals surface area (Å²) in [6, 6.07) is 8.91. The van der Waals surface area contributed by atoms with Gasteiger partial charge in [0, 0.05) is 36.2 Å². The monoisotopic (exact) mass is 481 g/mol. The number of morpholine rings is 1. The molecule has 1 aliphatic rings. The van der Waals surface area contributed by atoms with Gasteiger partial charge in [-0.1, -0.05) is 27.3 Å². The van der Waals surface area contributed by atoms with Gasteiger partial charge in [-0.25, -0.2) is 13.8 Å². The van der Waals surface area contributed by atoms with E-state index in [-0.39, 0.29) is 5.56 Å². The number of rotatable bonds is 5. The van der Waals surface area contributed by atoms with E-state index in [1.54, 1.807) is 4.90 Å². The third kappa shape index (κ3) is 4.63. The zero-order valence-corrected chi connectivity index (χ0v) is 17.8. The molecule has 9 heteroatoms. The second-order valence-corrected chi connectivity index (χ2v) is 8.57. The second kappa shape index (κ2) is 8.83. The highest BCUT2D eigenvalue weighted by Crippen LogP contribution is 2.31. The first-order chi connectivity index (χ1) is 14.0. The fraction of sp³-hybridized carbons (Fsp3) is 0.300. The van der Waals surface area contributed by atoms with Gasteiger partial charge in [-0.15, -0.1) is 0 Å². The molecule has 3 aromatic rings. The Morgan fingerprint density at radius 3 is 2.72 bits per heavy atom. The van der Waals surface area contributed by atoms with Crippen LogP contribution in [-0.2, 0) is 4.74 Å². The number of carbonyl (C=O) groups excluding carboxylic acids is 1. The van der Waals surface area contributed by atoms with Gasteiger partial charge in [0.05, 0.1) is 23.4 Å². The molecule has 1 fully saturated rings. The zero-order valence-electron chi connectivity index (χ0n) is 15.4. The molecular formula is C20H18BrF2N3O2S. The van der Waals surface area contributed by atoms with E-state index in [0.29, 0.717) is 31.4 Å². The van der Waals surface area contributed by atoms with Gasteiger partial charge in [0.15, 0.2) is 16.8 Å². The number of aromatic nitrogens is 1. The van der Waals surface area contributed by atoms with E-state index in [0.717, 1.165) is 39.9 Å². The summed E-state index contributed by atoms with van der Waals surface area (Å²) in [5.74, 6) is -2.43. The van der Waals surface area contributed by atoms with E-state index in [1.807, 2.05) is 18.2 Å². The molecule has 0 bridgehead atoms. The number of amides is 1. The van der Waals surface area contributed by atoms with Crippen molar-refractivity contribution < 1.29 is 18.3 Å². The Labute approximate surface area is 179 Å².